The summed E-state index contributed by atoms with van der Waals surface area (Å²) in [7, 11) is 0. The first-order valence-electron chi connectivity index (χ1n) is 13.2. The lowest BCUT2D eigenvalue weighted by atomic mass is 9.51. The van der Waals surface area contributed by atoms with Crippen LogP contribution in [0.1, 0.15) is 99.3 Å². The maximum Gasteiger partial charge on any atom is 0.0624 e. The Labute approximate surface area is 191 Å². The van der Waals surface area contributed by atoms with E-state index in [1.165, 1.54) is 37.7 Å². The maximum absolute atomic E-state index is 11.0. The molecule has 0 saturated heterocycles. The van der Waals surface area contributed by atoms with E-state index in [0.717, 1.165) is 42.9 Å². The van der Waals surface area contributed by atoms with Crippen LogP contribution in [0.5, 0.6) is 0 Å². The van der Waals surface area contributed by atoms with Gasteiger partial charge in [-0.2, -0.15) is 0 Å². The molecule has 0 aromatic carbocycles. The molecular weight excluding hydrogens is 384 g/mol. The van der Waals surface area contributed by atoms with Crippen LogP contribution in [0, 0.1) is 46.3 Å². The second kappa shape index (κ2) is 9.85. The van der Waals surface area contributed by atoms with Crippen molar-refractivity contribution in [3.63, 3.8) is 0 Å². The van der Waals surface area contributed by atoms with Crippen LogP contribution in [0.15, 0.2) is 11.6 Å². The van der Waals surface area contributed by atoms with Crippen molar-refractivity contribution in [3.8, 4) is 0 Å². The van der Waals surface area contributed by atoms with Crippen LogP contribution in [0.4, 0.5) is 0 Å². The zero-order chi connectivity index (χ0) is 23.0. The summed E-state index contributed by atoms with van der Waals surface area (Å²) in [5.41, 5.74) is 1.56. The largest absolute Gasteiger partial charge is 0.393 e. The molecule has 3 N–H and O–H groups in total. The van der Waals surface area contributed by atoms with Gasteiger partial charge in [0.05, 0.1) is 18.8 Å². The zero-order valence-corrected chi connectivity index (χ0v) is 21.1. The van der Waals surface area contributed by atoms with Gasteiger partial charge in [-0.1, -0.05) is 66.0 Å². The molecule has 0 aromatic rings. The van der Waals surface area contributed by atoms with Gasteiger partial charge in [-0.05, 0) is 85.9 Å². The lowest BCUT2D eigenvalue weighted by molar-refractivity contribution is -0.0856. The summed E-state index contributed by atoms with van der Waals surface area (Å²) >= 11 is 0. The van der Waals surface area contributed by atoms with Crippen molar-refractivity contribution in [1.82, 2.24) is 0 Å². The normalized spacial score (nSPS) is 44.5. The number of hydrogen-bond acceptors (Lipinski definition) is 3. The van der Waals surface area contributed by atoms with Gasteiger partial charge < -0.3 is 15.3 Å². The molecule has 0 bridgehead atoms. The van der Waals surface area contributed by atoms with Crippen molar-refractivity contribution in [2.45, 2.75) is 112 Å². The first-order chi connectivity index (χ1) is 14.5. The van der Waals surface area contributed by atoms with Crippen LogP contribution in [-0.4, -0.2) is 34.1 Å². The summed E-state index contributed by atoms with van der Waals surface area (Å²) in [5.74, 6) is 3.91. The average molecular weight is 435 g/mol. The third-order valence-corrected chi connectivity index (χ3v) is 10.5. The molecule has 3 saturated carbocycles. The predicted molar refractivity (Wildman–Crippen MR) is 129 cm³/mol. The highest BCUT2D eigenvalue weighted by molar-refractivity contribution is 5.25. The van der Waals surface area contributed by atoms with E-state index in [-0.39, 0.29) is 18.1 Å². The predicted octanol–water partition coefficient (Wildman–Crippen LogP) is 5.97. The van der Waals surface area contributed by atoms with E-state index in [9.17, 15) is 15.3 Å². The highest BCUT2D eigenvalue weighted by Crippen LogP contribution is 2.64. The van der Waals surface area contributed by atoms with Gasteiger partial charge in [0.2, 0.25) is 0 Å². The summed E-state index contributed by atoms with van der Waals surface area (Å²) < 4.78 is 0. The van der Waals surface area contributed by atoms with Gasteiger partial charge in [0.1, 0.15) is 0 Å². The first-order valence-corrected chi connectivity index (χ1v) is 13.2. The Balaban J connectivity index is 1.79. The molecule has 3 fully saturated rings. The van der Waals surface area contributed by atoms with Gasteiger partial charge >= 0.3 is 0 Å². The van der Waals surface area contributed by atoms with Crippen LogP contribution in [0.25, 0.3) is 0 Å². The molecule has 180 valence electrons. The molecule has 3 aliphatic rings. The van der Waals surface area contributed by atoms with Crippen LogP contribution in [-0.2, 0) is 0 Å². The summed E-state index contributed by atoms with van der Waals surface area (Å²) in [6, 6.07) is 0. The quantitative estimate of drug-likeness (QED) is 0.433. The summed E-state index contributed by atoms with van der Waals surface area (Å²) in [6.07, 6.45) is 10.9. The van der Waals surface area contributed by atoms with E-state index in [2.05, 4.69) is 47.6 Å². The molecule has 3 rings (SSSR count). The third kappa shape index (κ3) is 4.80. The second-order valence-corrected chi connectivity index (χ2v) is 12.4. The van der Waals surface area contributed by atoms with Crippen molar-refractivity contribution >= 4 is 0 Å². The number of hydrogen-bond donors (Lipinski definition) is 3. The van der Waals surface area contributed by atoms with Gasteiger partial charge in [0, 0.05) is 5.41 Å². The van der Waals surface area contributed by atoms with Crippen molar-refractivity contribution in [2.24, 2.45) is 46.3 Å². The molecule has 9 atom stereocenters. The van der Waals surface area contributed by atoms with Crippen molar-refractivity contribution in [1.29, 1.82) is 0 Å². The molecule has 3 heteroatoms. The minimum Gasteiger partial charge on any atom is -0.393 e. The fraction of sp³-hybridized carbons (Fsp3) is 0.929. The molecule has 0 amide bonds. The highest BCUT2D eigenvalue weighted by atomic mass is 16.3. The van der Waals surface area contributed by atoms with E-state index >= 15 is 0 Å². The van der Waals surface area contributed by atoms with E-state index < -0.39 is 6.10 Å². The van der Waals surface area contributed by atoms with Crippen LogP contribution in [0.2, 0.25) is 0 Å². The monoisotopic (exact) mass is 434 g/mol. The number of fused-ring (bicyclic) bond motifs is 1. The fourth-order valence-electron chi connectivity index (χ4n) is 7.83. The summed E-state index contributed by atoms with van der Waals surface area (Å²) in [5, 5.41) is 31.0. The Hall–Kier alpha value is -0.380. The Morgan fingerprint density at radius 1 is 0.903 bits per heavy atom. The first kappa shape index (κ1) is 25.2. The van der Waals surface area contributed by atoms with E-state index in [1.807, 2.05) is 0 Å². The lowest BCUT2D eigenvalue weighted by Gasteiger charge is -2.54. The van der Waals surface area contributed by atoms with Gasteiger partial charge in [-0.25, -0.2) is 0 Å². The van der Waals surface area contributed by atoms with E-state index in [1.54, 1.807) is 0 Å². The van der Waals surface area contributed by atoms with Crippen LogP contribution in [0.3, 0.4) is 0 Å². The van der Waals surface area contributed by atoms with Gasteiger partial charge in [-0.3, -0.25) is 0 Å². The Bertz CT molecular complexity index is 628. The van der Waals surface area contributed by atoms with E-state index in [0.29, 0.717) is 23.7 Å². The van der Waals surface area contributed by atoms with Gasteiger partial charge in [0.25, 0.3) is 0 Å². The Kier molecular flexibility index (Phi) is 8.03. The molecule has 3 aliphatic carbocycles. The summed E-state index contributed by atoms with van der Waals surface area (Å²) in [4.78, 5) is 0. The van der Waals surface area contributed by atoms with Gasteiger partial charge in [-0.15, -0.1) is 0 Å². The number of allylic oxidation sites excluding steroid dienone is 1. The molecule has 0 aliphatic heterocycles. The molecule has 0 aromatic heterocycles. The van der Waals surface area contributed by atoms with Crippen molar-refractivity contribution in [2.75, 3.05) is 6.61 Å². The van der Waals surface area contributed by atoms with Gasteiger partial charge in [0.15, 0.2) is 0 Å². The third-order valence-electron chi connectivity index (χ3n) is 10.5. The molecule has 2 unspecified atom stereocenters. The fourth-order valence-corrected chi connectivity index (χ4v) is 7.83. The maximum atomic E-state index is 11.0. The van der Waals surface area contributed by atoms with E-state index in [4.69, 9.17) is 0 Å². The highest BCUT2D eigenvalue weighted by Gasteiger charge is 2.56. The smallest absolute Gasteiger partial charge is 0.0624 e. The number of aliphatic hydroxyl groups is 3. The minimum atomic E-state index is -0.457. The van der Waals surface area contributed by atoms with Crippen LogP contribution >= 0.6 is 0 Å². The van der Waals surface area contributed by atoms with Crippen LogP contribution < -0.4 is 0 Å². The standard InChI is InChI=1S/C28H50O3/c1-18(2)19(3)7-8-20(4)23-9-10-24-22(13-16-29)25(12-15-27(23,24)5)28(6)14-11-21(30)17-26(28)31/h13,18-21,23-26,29-31H,7-12,14-17H2,1-6H3/b22-13-/t19-,20-,21+,23-,24?,25?,26+,27-,28-/m1/s1. The van der Waals surface area contributed by atoms with Crippen molar-refractivity contribution in [3.05, 3.63) is 11.6 Å². The van der Waals surface area contributed by atoms with Crippen molar-refractivity contribution < 1.29 is 15.3 Å². The lowest BCUT2D eigenvalue weighted by Crippen LogP contribution is -2.50. The number of rotatable bonds is 7. The average Bonchev–Trinajstić information content (AvgIpc) is 3.07. The Morgan fingerprint density at radius 2 is 1.55 bits per heavy atom. The minimum absolute atomic E-state index is 0.0966. The SMILES string of the molecule is CC(C)[C@H](C)CC[C@@H](C)[C@H]1CCC2/C(=C/CO)C([C@@]3(C)CC[C@H](O)C[C@@H]3O)CC[C@@]21C. The molecule has 0 spiro atoms. The zero-order valence-electron chi connectivity index (χ0n) is 21.1. The molecule has 0 radical (unpaired) electrons. The second-order valence-electron chi connectivity index (χ2n) is 12.4. The summed E-state index contributed by atoms with van der Waals surface area (Å²) in [6.45, 7) is 14.4. The molecule has 0 heterocycles. The number of aliphatic hydroxyl groups excluding tert-OH is 3. The Morgan fingerprint density at radius 3 is 2.16 bits per heavy atom. The molecule has 3 nitrogen and oxygen atoms in total. The molecular formula is C28H50O3. The topological polar surface area (TPSA) is 60.7 Å². The molecule has 31 heavy (non-hydrogen) atoms.